The Labute approximate surface area is 176 Å². The van der Waals surface area contributed by atoms with E-state index in [0.29, 0.717) is 17.8 Å². The highest BCUT2D eigenvalue weighted by atomic mass is 16.2. The van der Waals surface area contributed by atoms with E-state index < -0.39 is 0 Å². The lowest BCUT2D eigenvalue weighted by Gasteiger charge is -2.18. The summed E-state index contributed by atoms with van der Waals surface area (Å²) in [5.41, 5.74) is 6.99. The molecule has 0 bridgehead atoms. The number of aromatic nitrogens is 5. The summed E-state index contributed by atoms with van der Waals surface area (Å²) in [7, 11) is 5.56. The summed E-state index contributed by atoms with van der Waals surface area (Å²) >= 11 is 0. The number of carbonyl (C=O) groups is 1. The van der Waals surface area contributed by atoms with E-state index in [4.69, 9.17) is 4.98 Å². The second-order valence-electron chi connectivity index (χ2n) is 7.90. The van der Waals surface area contributed by atoms with Gasteiger partial charge in [-0.05, 0) is 26.8 Å². The fourth-order valence-electron chi connectivity index (χ4n) is 3.82. The molecule has 154 valence electrons. The van der Waals surface area contributed by atoms with Gasteiger partial charge in [-0.15, -0.1) is 0 Å². The summed E-state index contributed by atoms with van der Waals surface area (Å²) in [5, 5.41) is 9.69. The Morgan fingerprint density at radius 1 is 1.03 bits per heavy atom. The predicted molar refractivity (Wildman–Crippen MR) is 117 cm³/mol. The summed E-state index contributed by atoms with van der Waals surface area (Å²) in [6, 6.07) is 10.0. The van der Waals surface area contributed by atoms with Gasteiger partial charge in [-0.1, -0.05) is 29.8 Å². The maximum absolute atomic E-state index is 13.5. The molecule has 0 aliphatic heterocycles. The third-order valence-electron chi connectivity index (χ3n) is 5.42. The highest BCUT2D eigenvalue weighted by molar-refractivity contribution is 6.07. The minimum Gasteiger partial charge on any atom is -0.337 e. The van der Waals surface area contributed by atoms with Gasteiger partial charge in [0.2, 0.25) is 0 Å². The molecule has 0 atom stereocenters. The minimum atomic E-state index is -0.0601. The lowest BCUT2D eigenvalue weighted by Crippen LogP contribution is -2.26. The van der Waals surface area contributed by atoms with Crippen LogP contribution in [0.15, 0.2) is 36.5 Å². The van der Waals surface area contributed by atoms with Crippen LogP contribution in [0.1, 0.15) is 32.9 Å². The van der Waals surface area contributed by atoms with Crippen molar-refractivity contribution >= 4 is 16.9 Å². The molecule has 7 heteroatoms. The first-order valence-corrected chi connectivity index (χ1v) is 9.90. The molecular formula is C23H26N6O. The molecule has 0 spiro atoms. The molecule has 0 saturated carbocycles. The Morgan fingerprint density at radius 3 is 2.37 bits per heavy atom. The first-order chi connectivity index (χ1) is 14.2. The lowest BCUT2D eigenvalue weighted by molar-refractivity contribution is 0.0786. The third kappa shape index (κ3) is 3.47. The van der Waals surface area contributed by atoms with Crippen molar-refractivity contribution in [2.24, 2.45) is 14.1 Å². The van der Waals surface area contributed by atoms with Crippen molar-refractivity contribution in [1.29, 1.82) is 0 Å². The monoisotopic (exact) mass is 402 g/mol. The summed E-state index contributed by atoms with van der Waals surface area (Å²) in [5.74, 6) is -0.0601. The number of rotatable bonds is 4. The first kappa shape index (κ1) is 19.8. The van der Waals surface area contributed by atoms with Crippen LogP contribution in [-0.2, 0) is 20.6 Å². The molecule has 1 amide bonds. The van der Waals surface area contributed by atoms with Crippen molar-refractivity contribution in [1.82, 2.24) is 29.4 Å². The van der Waals surface area contributed by atoms with Crippen LogP contribution in [0.4, 0.5) is 0 Å². The quantitative estimate of drug-likeness (QED) is 0.523. The zero-order valence-electron chi connectivity index (χ0n) is 18.3. The van der Waals surface area contributed by atoms with Gasteiger partial charge < -0.3 is 4.90 Å². The minimum absolute atomic E-state index is 0.0601. The summed E-state index contributed by atoms with van der Waals surface area (Å²) in [6.45, 7) is 6.41. The molecule has 4 rings (SSSR count). The molecular weight excluding hydrogens is 376 g/mol. The third-order valence-corrected chi connectivity index (χ3v) is 5.42. The zero-order chi connectivity index (χ0) is 21.6. The van der Waals surface area contributed by atoms with Crippen molar-refractivity contribution in [2.75, 3.05) is 7.05 Å². The topological polar surface area (TPSA) is 68.8 Å². The molecule has 0 saturated heterocycles. The fourth-order valence-corrected chi connectivity index (χ4v) is 3.82. The molecule has 7 nitrogen and oxygen atoms in total. The number of hydrogen-bond acceptors (Lipinski definition) is 4. The molecule has 4 aromatic rings. The van der Waals surface area contributed by atoms with Gasteiger partial charge in [0, 0.05) is 45.0 Å². The molecule has 0 fully saturated rings. The Bertz CT molecular complexity index is 1250. The number of pyridine rings is 1. The summed E-state index contributed by atoms with van der Waals surface area (Å²) < 4.78 is 3.51. The lowest BCUT2D eigenvalue weighted by atomic mass is 10.0. The summed E-state index contributed by atoms with van der Waals surface area (Å²) in [4.78, 5) is 20.1. The van der Waals surface area contributed by atoms with Gasteiger partial charge in [0.15, 0.2) is 5.65 Å². The fraction of sp³-hybridized carbons (Fsp3) is 0.304. The highest BCUT2D eigenvalue weighted by Gasteiger charge is 2.22. The van der Waals surface area contributed by atoms with Crippen LogP contribution in [-0.4, -0.2) is 42.4 Å². The number of nitrogens with zero attached hydrogens (tertiary/aromatic N) is 6. The SMILES string of the molecule is Cc1ccc(-c2cc(C(=O)N(C)Cc3cn(C)nc3C)c3c(C)nn(C)c3n2)cc1. The van der Waals surface area contributed by atoms with Gasteiger partial charge in [-0.3, -0.25) is 14.2 Å². The van der Waals surface area contributed by atoms with E-state index in [-0.39, 0.29) is 5.91 Å². The largest absolute Gasteiger partial charge is 0.337 e. The first-order valence-electron chi connectivity index (χ1n) is 9.90. The van der Waals surface area contributed by atoms with Crippen molar-refractivity contribution in [3.63, 3.8) is 0 Å². The maximum Gasteiger partial charge on any atom is 0.254 e. The average molecular weight is 403 g/mol. The number of fused-ring (bicyclic) bond motifs is 1. The smallest absolute Gasteiger partial charge is 0.254 e. The van der Waals surface area contributed by atoms with Crippen LogP contribution < -0.4 is 0 Å². The number of aryl methyl sites for hydroxylation is 5. The van der Waals surface area contributed by atoms with E-state index >= 15 is 0 Å². The number of hydrogen-bond donors (Lipinski definition) is 0. The average Bonchev–Trinajstić information content (AvgIpc) is 3.18. The van der Waals surface area contributed by atoms with Gasteiger partial charge in [0.05, 0.1) is 28.0 Å². The van der Waals surface area contributed by atoms with Crippen LogP contribution >= 0.6 is 0 Å². The second-order valence-corrected chi connectivity index (χ2v) is 7.90. The van der Waals surface area contributed by atoms with E-state index in [9.17, 15) is 4.79 Å². The van der Waals surface area contributed by atoms with E-state index in [1.165, 1.54) is 5.56 Å². The van der Waals surface area contributed by atoms with Crippen LogP contribution in [0.25, 0.3) is 22.3 Å². The van der Waals surface area contributed by atoms with Crippen LogP contribution in [0, 0.1) is 20.8 Å². The molecule has 3 heterocycles. The molecule has 0 unspecified atom stereocenters. The number of benzene rings is 1. The van der Waals surface area contributed by atoms with E-state index in [1.807, 2.05) is 59.4 Å². The van der Waals surface area contributed by atoms with Crippen LogP contribution in [0.2, 0.25) is 0 Å². The number of amides is 1. The standard InChI is InChI=1S/C23H26N6O/c1-14-7-9-17(10-8-14)20-11-19(21-16(3)26-29(6)22(21)24-20)23(30)27(4)12-18-13-28(5)25-15(18)2/h7-11,13H,12H2,1-6H3. The van der Waals surface area contributed by atoms with Crippen molar-refractivity contribution in [3.05, 3.63) is 64.6 Å². The molecule has 3 aromatic heterocycles. The Balaban J connectivity index is 1.80. The van der Waals surface area contributed by atoms with E-state index in [1.54, 1.807) is 14.3 Å². The molecule has 0 aliphatic rings. The van der Waals surface area contributed by atoms with E-state index in [2.05, 4.69) is 29.3 Å². The molecule has 0 aliphatic carbocycles. The normalized spacial score (nSPS) is 11.3. The van der Waals surface area contributed by atoms with Gasteiger partial charge in [-0.25, -0.2) is 4.98 Å². The van der Waals surface area contributed by atoms with Crippen molar-refractivity contribution in [3.8, 4) is 11.3 Å². The van der Waals surface area contributed by atoms with Crippen LogP contribution in [0.3, 0.4) is 0 Å². The Morgan fingerprint density at radius 2 is 1.73 bits per heavy atom. The van der Waals surface area contributed by atoms with E-state index in [0.717, 1.165) is 33.6 Å². The van der Waals surface area contributed by atoms with Gasteiger partial charge in [0.1, 0.15) is 0 Å². The molecule has 0 radical (unpaired) electrons. The molecule has 1 aromatic carbocycles. The Kier molecular flexibility index (Phi) is 4.89. The number of carbonyl (C=O) groups excluding carboxylic acids is 1. The van der Waals surface area contributed by atoms with Crippen LogP contribution in [0.5, 0.6) is 0 Å². The van der Waals surface area contributed by atoms with Crippen molar-refractivity contribution in [2.45, 2.75) is 27.3 Å². The predicted octanol–water partition coefficient (Wildman–Crippen LogP) is 3.57. The maximum atomic E-state index is 13.5. The van der Waals surface area contributed by atoms with Crippen molar-refractivity contribution < 1.29 is 4.79 Å². The van der Waals surface area contributed by atoms with Gasteiger partial charge >= 0.3 is 0 Å². The summed E-state index contributed by atoms with van der Waals surface area (Å²) in [6.07, 6.45) is 1.95. The highest BCUT2D eigenvalue weighted by Crippen LogP contribution is 2.28. The van der Waals surface area contributed by atoms with Gasteiger partial charge in [-0.2, -0.15) is 10.2 Å². The second kappa shape index (κ2) is 7.40. The van der Waals surface area contributed by atoms with Gasteiger partial charge in [0.25, 0.3) is 5.91 Å². The zero-order valence-corrected chi connectivity index (χ0v) is 18.3. The molecule has 30 heavy (non-hydrogen) atoms. The Hall–Kier alpha value is -3.48. The molecule has 0 N–H and O–H groups in total.